The summed E-state index contributed by atoms with van der Waals surface area (Å²) in [5.74, 6) is -1.02. The Hall–Kier alpha value is -2.48. The molecule has 1 aromatic heterocycles. The van der Waals surface area contributed by atoms with Crippen LogP contribution in [0.4, 0.5) is 10.1 Å². The molecular formula is C15H16FN3O3S. The first-order chi connectivity index (χ1) is 10.9. The lowest BCUT2D eigenvalue weighted by Gasteiger charge is -2.22. The summed E-state index contributed by atoms with van der Waals surface area (Å²) in [5, 5.41) is 2.58. The van der Waals surface area contributed by atoms with Crippen molar-refractivity contribution in [3.63, 3.8) is 0 Å². The second kappa shape index (κ2) is 7.19. The van der Waals surface area contributed by atoms with Gasteiger partial charge in [0, 0.05) is 18.9 Å². The second-order valence-electron chi connectivity index (χ2n) is 4.78. The van der Waals surface area contributed by atoms with Crippen LogP contribution in [-0.2, 0) is 10.0 Å². The third kappa shape index (κ3) is 4.49. The van der Waals surface area contributed by atoms with E-state index in [0.29, 0.717) is 5.56 Å². The Balaban J connectivity index is 2.06. The number of hydrogen-bond acceptors (Lipinski definition) is 4. The highest BCUT2D eigenvalue weighted by atomic mass is 32.2. The maximum absolute atomic E-state index is 13.8. The molecule has 1 amide bonds. The summed E-state index contributed by atoms with van der Waals surface area (Å²) in [4.78, 5) is 15.7. The molecule has 0 atom stereocenters. The van der Waals surface area contributed by atoms with Gasteiger partial charge in [0.15, 0.2) is 0 Å². The molecule has 1 heterocycles. The normalized spacial score (nSPS) is 11.0. The van der Waals surface area contributed by atoms with Crippen LogP contribution in [0.2, 0.25) is 0 Å². The summed E-state index contributed by atoms with van der Waals surface area (Å²) in [6, 6.07) is 8.79. The minimum absolute atomic E-state index is 0.0368. The van der Waals surface area contributed by atoms with Crippen molar-refractivity contribution >= 4 is 21.6 Å². The first kappa shape index (κ1) is 16.9. The minimum atomic E-state index is -3.67. The predicted octanol–water partition coefficient (Wildman–Crippen LogP) is 1.42. The summed E-state index contributed by atoms with van der Waals surface area (Å²) in [5.41, 5.74) is 0.315. The van der Waals surface area contributed by atoms with Gasteiger partial charge < -0.3 is 5.32 Å². The van der Waals surface area contributed by atoms with Gasteiger partial charge in [0.1, 0.15) is 5.82 Å². The van der Waals surface area contributed by atoms with E-state index in [1.807, 2.05) is 0 Å². The van der Waals surface area contributed by atoms with Gasteiger partial charge in [0.2, 0.25) is 10.0 Å². The first-order valence-corrected chi connectivity index (χ1v) is 8.65. The van der Waals surface area contributed by atoms with Crippen molar-refractivity contribution in [2.75, 3.05) is 23.7 Å². The molecule has 0 radical (unpaired) electrons. The van der Waals surface area contributed by atoms with E-state index < -0.39 is 15.8 Å². The zero-order valence-electron chi connectivity index (χ0n) is 12.4. The topological polar surface area (TPSA) is 79.4 Å². The van der Waals surface area contributed by atoms with Crippen molar-refractivity contribution in [1.82, 2.24) is 10.3 Å². The van der Waals surface area contributed by atoms with Crippen molar-refractivity contribution in [3.05, 3.63) is 60.2 Å². The molecular weight excluding hydrogens is 321 g/mol. The average molecular weight is 337 g/mol. The van der Waals surface area contributed by atoms with Crippen molar-refractivity contribution in [2.45, 2.75) is 0 Å². The van der Waals surface area contributed by atoms with Crippen LogP contribution in [-0.4, -0.2) is 38.7 Å². The highest BCUT2D eigenvalue weighted by Crippen LogP contribution is 2.20. The molecule has 0 aliphatic heterocycles. The molecule has 0 spiro atoms. The molecule has 2 rings (SSSR count). The lowest BCUT2D eigenvalue weighted by molar-refractivity contribution is 0.0954. The van der Waals surface area contributed by atoms with E-state index >= 15 is 0 Å². The van der Waals surface area contributed by atoms with Crippen molar-refractivity contribution < 1.29 is 17.6 Å². The number of amides is 1. The van der Waals surface area contributed by atoms with Crippen molar-refractivity contribution in [1.29, 1.82) is 0 Å². The van der Waals surface area contributed by atoms with Crippen LogP contribution in [0.1, 0.15) is 10.4 Å². The van der Waals surface area contributed by atoms with E-state index in [0.717, 1.165) is 10.6 Å². The average Bonchev–Trinajstić information content (AvgIpc) is 2.52. The number of anilines is 1. The van der Waals surface area contributed by atoms with Crippen LogP contribution in [0.3, 0.4) is 0 Å². The number of nitrogens with one attached hydrogen (secondary N) is 1. The van der Waals surface area contributed by atoms with E-state index in [1.165, 1.54) is 24.4 Å². The Kier molecular flexibility index (Phi) is 5.28. The number of hydrogen-bond donors (Lipinski definition) is 1. The number of carbonyl (C=O) groups is 1. The number of halogens is 1. The lowest BCUT2D eigenvalue weighted by Crippen LogP contribution is -2.38. The summed E-state index contributed by atoms with van der Waals surface area (Å²) < 4.78 is 38.5. The van der Waals surface area contributed by atoms with Gasteiger partial charge in [-0.05, 0) is 24.3 Å². The number of sulfonamides is 1. The quantitative estimate of drug-likeness (QED) is 0.864. The molecule has 0 saturated carbocycles. The molecule has 0 aliphatic rings. The van der Waals surface area contributed by atoms with Crippen LogP contribution in [0.25, 0.3) is 0 Å². The van der Waals surface area contributed by atoms with Gasteiger partial charge in [-0.1, -0.05) is 12.1 Å². The van der Waals surface area contributed by atoms with Gasteiger partial charge in [-0.15, -0.1) is 0 Å². The third-order valence-electron chi connectivity index (χ3n) is 3.05. The molecule has 2 aromatic rings. The molecule has 122 valence electrons. The highest BCUT2D eigenvalue weighted by Gasteiger charge is 2.20. The van der Waals surface area contributed by atoms with Crippen LogP contribution in [0, 0.1) is 5.82 Å². The molecule has 0 aliphatic carbocycles. The Bertz CT molecular complexity index is 782. The number of carbonyl (C=O) groups excluding carboxylic acids is 1. The molecule has 0 saturated heterocycles. The van der Waals surface area contributed by atoms with Gasteiger partial charge >= 0.3 is 0 Å². The molecule has 23 heavy (non-hydrogen) atoms. The second-order valence-corrected chi connectivity index (χ2v) is 6.69. The summed E-state index contributed by atoms with van der Waals surface area (Å²) in [6.07, 6.45) is 3.93. The predicted molar refractivity (Wildman–Crippen MR) is 85.2 cm³/mol. The highest BCUT2D eigenvalue weighted by molar-refractivity contribution is 7.92. The fourth-order valence-corrected chi connectivity index (χ4v) is 2.92. The fourth-order valence-electron chi connectivity index (χ4n) is 1.99. The number of para-hydroxylation sites is 1. The molecule has 8 heteroatoms. The standard InChI is InChI=1S/C15H16FN3O3S/c1-23(21,22)19(14-7-3-2-6-13(14)16)10-9-18-15(20)12-5-4-8-17-11-12/h2-8,11H,9-10H2,1H3,(H,18,20). The molecule has 0 fully saturated rings. The minimum Gasteiger partial charge on any atom is -0.350 e. The number of nitrogens with zero attached hydrogens (tertiary/aromatic N) is 2. The molecule has 0 unspecified atom stereocenters. The molecule has 0 bridgehead atoms. The lowest BCUT2D eigenvalue weighted by atomic mass is 10.2. The van der Waals surface area contributed by atoms with E-state index in [9.17, 15) is 17.6 Å². The van der Waals surface area contributed by atoms with Crippen LogP contribution in [0.15, 0.2) is 48.8 Å². The smallest absolute Gasteiger partial charge is 0.252 e. The first-order valence-electron chi connectivity index (χ1n) is 6.80. The maximum atomic E-state index is 13.8. The zero-order chi connectivity index (χ0) is 16.9. The van der Waals surface area contributed by atoms with Crippen LogP contribution >= 0.6 is 0 Å². The largest absolute Gasteiger partial charge is 0.350 e. The van der Waals surface area contributed by atoms with E-state index in [4.69, 9.17) is 0 Å². The maximum Gasteiger partial charge on any atom is 0.252 e. The Morgan fingerprint density at radius 1 is 1.26 bits per heavy atom. The molecule has 1 aromatic carbocycles. The monoisotopic (exact) mass is 337 g/mol. The van der Waals surface area contributed by atoms with Crippen LogP contribution < -0.4 is 9.62 Å². The third-order valence-corrected chi connectivity index (χ3v) is 4.23. The molecule has 1 N–H and O–H groups in total. The number of benzene rings is 1. The van der Waals surface area contributed by atoms with E-state index in [2.05, 4.69) is 10.3 Å². The molecule has 6 nitrogen and oxygen atoms in total. The number of aromatic nitrogens is 1. The number of rotatable bonds is 6. The SMILES string of the molecule is CS(=O)(=O)N(CCNC(=O)c1cccnc1)c1ccccc1F. The van der Waals surface area contributed by atoms with Crippen molar-refractivity contribution in [2.24, 2.45) is 0 Å². The van der Waals surface area contributed by atoms with Gasteiger partial charge in [-0.25, -0.2) is 12.8 Å². The van der Waals surface area contributed by atoms with E-state index in [-0.39, 0.29) is 24.7 Å². The summed E-state index contributed by atoms with van der Waals surface area (Å²) >= 11 is 0. The fraction of sp³-hybridized carbons (Fsp3) is 0.200. The zero-order valence-corrected chi connectivity index (χ0v) is 13.3. The van der Waals surface area contributed by atoms with Crippen LogP contribution in [0.5, 0.6) is 0 Å². The van der Waals surface area contributed by atoms with E-state index in [1.54, 1.807) is 24.4 Å². The summed E-state index contributed by atoms with van der Waals surface area (Å²) in [7, 11) is -3.67. The van der Waals surface area contributed by atoms with Crippen molar-refractivity contribution in [3.8, 4) is 0 Å². The Morgan fingerprint density at radius 3 is 2.61 bits per heavy atom. The number of pyridine rings is 1. The van der Waals surface area contributed by atoms with Gasteiger partial charge in [0.25, 0.3) is 5.91 Å². The van der Waals surface area contributed by atoms with Gasteiger partial charge in [-0.2, -0.15) is 0 Å². The summed E-state index contributed by atoms with van der Waals surface area (Å²) in [6.45, 7) is -0.0408. The van der Waals surface area contributed by atoms with Gasteiger partial charge in [-0.3, -0.25) is 14.1 Å². The van der Waals surface area contributed by atoms with Gasteiger partial charge in [0.05, 0.1) is 24.1 Å². The Morgan fingerprint density at radius 2 is 2.00 bits per heavy atom. The Labute approximate surface area is 134 Å².